The Hall–Kier alpha value is -3.76. The summed E-state index contributed by atoms with van der Waals surface area (Å²) in [5, 5.41) is 8.91. The van der Waals surface area contributed by atoms with E-state index in [2.05, 4.69) is 25.9 Å². The van der Waals surface area contributed by atoms with Gasteiger partial charge in [0.1, 0.15) is 5.82 Å². The van der Waals surface area contributed by atoms with Gasteiger partial charge in [-0.05, 0) is 30.3 Å². The van der Waals surface area contributed by atoms with E-state index in [4.69, 9.17) is 32.7 Å². The van der Waals surface area contributed by atoms with Crippen LogP contribution in [0.4, 0.5) is 23.1 Å². The van der Waals surface area contributed by atoms with Gasteiger partial charge in [0.2, 0.25) is 24.6 Å². The average molecular weight is 488 g/mol. The van der Waals surface area contributed by atoms with Crippen LogP contribution in [0.1, 0.15) is 17.9 Å². The van der Waals surface area contributed by atoms with E-state index in [1.54, 1.807) is 30.3 Å². The Balaban J connectivity index is 1.43. The number of nitrogens with one attached hydrogen (secondary N) is 4. The van der Waals surface area contributed by atoms with Crippen molar-refractivity contribution in [2.24, 2.45) is 0 Å². The number of anilines is 4. The lowest BCUT2D eigenvalue weighted by Gasteiger charge is -2.23. The van der Waals surface area contributed by atoms with Crippen LogP contribution in [0.5, 0.6) is 11.5 Å². The van der Waals surface area contributed by atoms with Crippen LogP contribution in [-0.4, -0.2) is 28.6 Å². The predicted molar refractivity (Wildman–Crippen MR) is 122 cm³/mol. The van der Waals surface area contributed by atoms with E-state index in [9.17, 15) is 14.4 Å². The van der Waals surface area contributed by atoms with Crippen molar-refractivity contribution in [2.45, 2.75) is 12.3 Å². The highest BCUT2D eigenvalue weighted by Crippen LogP contribution is 2.36. The minimum Gasteiger partial charge on any atom is -0.454 e. The van der Waals surface area contributed by atoms with Gasteiger partial charge in [-0.3, -0.25) is 19.4 Å². The van der Waals surface area contributed by atoms with Gasteiger partial charge in [-0.1, -0.05) is 23.2 Å². The number of hydrogen-bond donors (Lipinski definition) is 4. The Morgan fingerprint density at radius 1 is 1.09 bits per heavy atom. The van der Waals surface area contributed by atoms with Crippen LogP contribution in [0.15, 0.2) is 41.2 Å². The fourth-order valence-corrected chi connectivity index (χ4v) is 4.03. The summed E-state index contributed by atoms with van der Waals surface area (Å²) in [4.78, 5) is 45.0. The van der Waals surface area contributed by atoms with Crippen molar-refractivity contribution in [3.05, 3.63) is 62.4 Å². The molecule has 2 aliphatic rings. The number of fused-ring (bicyclic) bond motifs is 2. The molecule has 0 bridgehead atoms. The molecule has 33 heavy (non-hydrogen) atoms. The topological polar surface area (TPSA) is 134 Å². The summed E-state index contributed by atoms with van der Waals surface area (Å²) in [6.07, 6.45) is -0.204. The zero-order valence-electron chi connectivity index (χ0n) is 16.7. The van der Waals surface area contributed by atoms with Gasteiger partial charge in [-0.2, -0.15) is 4.98 Å². The van der Waals surface area contributed by atoms with Crippen molar-refractivity contribution in [1.29, 1.82) is 0 Å². The van der Waals surface area contributed by atoms with Gasteiger partial charge in [0, 0.05) is 23.2 Å². The minimum absolute atomic E-state index is 0.00609. The van der Waals surface area contributed by atoms with Gasteiger partial charge in [-0.25, -0.2) is 0 Å². The molecule has 4 N–H and O–H groups in total. The van der Waals surface area contributed by atoms with Gasteiger partial charge in [0.25, 0.3) is 5.56 Å². The molecule has 0 radical (unpaired) electrons. The first kappa shape index (κ1) is 21.1. The highest BCUT2D eigenvalue weighted by Gasteiger charge is 2.35. The Kier molecular flexibility index (Phi) is 5.31. The van der Waals surface area contributed by atoms with Crippen LogP contribution in [0.3, 0.4) is 0 Å². The number of halogens is 2. The van der Waals surface area contributed by atoms with Crippen molar-refractivity contribution in [2.75, 3.05) is 22.7 Å². The second-order valence-corrected chi connectivity index (χ2v) is 8.13. The minimum atomic E-state index is -1.04. The molecule has 0 aliphatic carbocycles. The number of aromatic nitrogens is 2. The molecule has 1 aromatic heterocycles. The lowest BCUT2D eigenvalue weighted by Crippen LogP contribution is -2.36. The summed E-state index contributed by atoms with van der Waals surface area (Å²) < 4.78 is 10.6. The van der Waals surface area contributed by atoms with Crippen LogP contribution in [-0.2, 0) is 9.59 Å². The summed E-state index contributed by atoms with van der Waals surface area (Å²) in [6.45, 7) is 0.0988. The quantitative estimate of drug-likeness (QED) is 0.441. The molecular weight excluding hydrogens is 473 g/mol. The maximum Gasteiger partial charge on any atom is 0.258 e. The average Bonchev–Trinajstić information content (AvgIpc) is 3.23. The number of rotatable bonds is 4. The fraction of sp³-hybridized carbons (Fsp3) is 0.143. The maximum atomic E-state index is 13.0. The summed E-state index contributed by atoms with van der Waals surface area (Å²) in [6, 6.07) is 9.67. The monoisotopic (exact) mass is 487 g/mol. The predicted octanol–water partition coefficient (Wildman–Crippen LogP) is 3.61. The molecule has 3 heterocycles. The first-order valence-corrected chi connectivity index (χ1v) is 10.5. The van der Waals surface area contributed by atoms with E-state index < -0.39 is 23.3 Å². The van der Waals surface area contributed by atoms with Crippen LogP contribution in [0.2, 0.25) is 10.0 Å². The molecule has 5 rings (SSSR count). The second-order valence-electron chi connectivity index (χ2n) is 7.29. The van der Waals surface area contributed by atoms with E-state index in [1.165, 1.54) is 6.07 Å². The van der Waals surface area contributed by atoms with E-state index in [1.807, 2.05) is 0 Å². The van der Waals surface area contributed by atoms with Crippen LogP contribution >= 0.6 is 23.2 Å². The maximum absolute atomic E-state index is 13.0. The highest BCUT2D eigenvalue weighted by atomic mass is 35.5. The Morgan fingerprint density at radius 3 is 2.73 bits per heavy atom. The smallest absolute Gasteiger partial charge is 0.258 e. The Labute approximate surface area is 196 Å². The molecule has 3 aromatic rings. The van der Waals surface area contributed by atoms with Gasteiger partial charge >= 0.3 is 0 Å². The van der Waals surface area contributed by atoms with Crippen LogP contribution in [0, 0.1) is 0 Å². The standard InChI is InChI=1S/C21H15Cl2N5O5/c22-9-1-3-13(12(23)5-9)25-21-27-18-17(20(31)28-21)11(7-16(29)26-18)19(30)24-10-2-4-14-15(6-10)33-8-32-14/h1-6,11H,7-8H2,(H,24,30)(H3,25,26,27,28,29,31). The van der Waals surface area contributed by atoms with Gasteiger partial charge in [0.05, 0.1) is 22.2 Å². The number of benzene rings is 2. The van der Waals surface area contributed by atoms with E-state index in [0.29, 0.717) is 32.9 Å². The first-order valence-electron chi connectivity index (χ1n) is 9.74. The number of ether oxygens (including phenoxy) is 2. The highest BCUT2D eigenvalue weighted by molar-refractivity contribution is 6.36. The largest absolute Gasteiger partial charge is 0.454 e. The molecular formula is C21H15Cl2N5O5. The molecule has 0 saturated carbocycles. The summed E-state index contributed by atoms with van der Waals surface area (Å²) in [5.41, 5.74) is 0.374. The number of aromatic amines is 1. The molecule has 2 amide bonds. The third-order valence-corrected chi connectivity index (χ3v) is 5.64. The molecule has 0 spiro atoms. The molecule has 2 aromatic carbocycles. The normalized spacial score (nSPS) is 16.1. The van der Waals surface area contributed by atoms with Crippen LogP contribution < -0.4 is 31.0 Å². The number of amides is 2. The van der Waals surface area contributed by atoms with Crippen molar-refractivity contribution >= 4 is 58.2 Å². The van der Waals surface area contributed by atoms with Crippen molar-refractivity contribution in [1.82, 2.24) is 9.97 Å². The van der Waals surface area contributed by atoms with Crippen LogP contribution in [0.25, 0.3) is 0 Å². The molecule has 2 aliphatic heterocycles. The molecule has 0 saturated heterocycles. The number of H-pyrrole nitrogens is 1. The molecule has 10 nitrogen and oxygen atoms in total. The second kappa shape index (κ2) is 8.30. The molecule has 1 unspecified atom stereocenters. The van der Waals surface area contributed by atoms with E-state index in [0.717, 1.165) is 0 Å². The van der Waals surface area contributed by atoms with Gasteiger partial charge in [0.15, 0.2) is 11.5 Å². The third-order valence-electron chi connectivity index (χ3n) is 5.09. The lowest BCUT2D eigenvalue weighted by molar-refractivity contribution is -0.123. The summed E-state index contributed by atoms with van der Waals surface area (Å²) in [7, 11) is 0. The Morgan fingerprint density at radius 2 is 1.91 bits per heavy atom. The fourth-order valence-electron chi connectivity index (χ4n) is 3.58. The number of nitrogens with zero attached hydrogens (tertiary/aromatic N) is 1. The SMILES string of the molecule is O=C1CC(C(=O)Nc2ccc3c(c2)OCO3)c2c(nc(Nc3ccc(Cl)cc3Cl)[nH]c2=O)N1. The third kappa shape index (κ3) is 4.18. The molecule has 0 fully saturated rings. The summed E-state index contributed by atoms with van der Waals surface area (Å²) >= 11 is 12.1. The first-order chi connectivity index (χ1) is 15.9. The number of carbonyl (C=O) groups excluding carboxylic acids is 2. The van der Waals surface area contributed by atoms with Gasteiger partial charge in [-0.15, -0.1) is 0 Å². The van der Waals surface area contributed by atoms with Gasteiger partial charge < -0.3 is 25.4 Å². The zero-order valence-corrected chi connectivity index (χ0v) is 18.2. The van der Waals surface area contributed by atoms with E-state index >= 15 is 0 Å². The Bertz CT molecular complexity index is 1360. The zero-order chi connectivity index (χ0) is 23.1. The van der Waals surface area contributed by atoms with Crippen molar-refractivity contribution < 1.29 is 19.1 Å². The molecule has 12 heteroatoms. The van der Waals surface area contributed by atoms with Crippen molar-refractivity contribution in [3.8, 4) is 11.5 Å². The lowest BCUT2D eigenvalue weighted by atomic mass is 9.92. The number of hydrogen-bond acceptors (Lipinski definition) is 7. The molecule has 168 valence electrons. The van der Waals surface area contributed by atoms with E-state index in [-0.39, 0.29) is 30.5 Å². The van der Waals surface area contributed by atoms with Crippen molar-refractivity contribution in [3.63, 3.8) is 0 Å². The number of carbonyl (C=O) groups is 2. The summed E-state index contributed by atoms with van der Waals surface area (Å²) in [5.74, 6) is -0.916. The molecule has 1 atom stereocenters.